The lowest BCUT2D eigenvalue weighted by molar-refractivity contribution is 0.102. The van der Waals surface area contributed by atoms with Gasteiger partial charge in [-0.1, -0.05) is 6.07 Å². The van der Waals surface area contributed by atoms with E-state index in [4.69, 9.17) is 0 Å². The maximum atomic E-state index is 14.8. The Bertz CT molecular complexity index is 1380. The van der Waals surface area contributed by atoms with Crippen LogP contribution in [-0.4, -0.2) is 35.2 Å². The summed E-state index contributed by atoms with van der Waals surface area (Å²) in [5, 5.41) is 11.1. The van der Waals surface area contributed by atoms with Crippen molar-refractivity contribution in [3.63, 3.8) is 0 Å². The Kier molecular flexibility index (Phi) is 5.47. The Hall–Kier alpha value is -3.88. The van der Waals surface area contributed by atoms with E-state index in [1.165, 1.54) is 6.07 Å². The van der Waals surface area contributed by atoms with Gasteiger partial charge in [0.05, 0.1) is 23.4 Å². The second kappa shape index (κ2) is 8.48. The van der Waals surface area contributed by atoms with Gasteiger partial charge in [0.2, 0.25) is 0 Å². The van der Waals surface area contributed by atoms with Gasteiger partial charge in [0, 0.05) is 18.2 Å². The fourth-order valence-corrected chi connectivity index (χ4v) is 4.13. The predicted octanol–water partition coefficient (Wildman–Crippen LogP) is 4.99. The number of hydrogen-bond acceptors (Lipinski definition) is 5. The van der Waals surface area contributed by atoms with Crippen molar-refractivity contribution in [3.8, 4) is 17.2 Å². The third-order valence-electron chi connectivity index (χ3n) is 6.00. The Morgan fingerprint density at radius 2 is 1.97 bits per heavy atom. The van der Waals surface area contributed by atoms with Crippen LogP contribution in [0.3, 0.4) is 0 Å². The minimum Gasteiger partial charge on any atom is -0.318 e. The van der Waals surface area contributed by atoms with Crippen molar-refractivity contribution in [2.45, 2.75) is 52.5 Å². The van der Waals surface area contributed by atoms with Gasteiger partial charge in [-0.05, 0) is 70.4 Å². The molecule has 1 fully saturated rings. The monoisotopic (exact) mass is 459 g/mol. The Balaban J connectivity index is 1.43. The second-order valence-corrected chi connectivity index (χ2v) is 9.00. The number of amides is 1. The van der Waals surface area contributed by atoms with Crippen LogP contribution in [-0.2, 0) is 0 Å². The SMILES string of the molecule is Cc1cc(F)c(NC(=O)c2cccc(-c3nnc(C)n3C(C)C)n2)cc1-n1cnc(C2CC2)c1. The Morgan fingerprint density at radius 1 is 1.18 bits per heavy atom. The van der Waals surface area contributed by atoms with E-state index in [2.05, 4.69) is 25.5 Å². The number of aryl methyl sites for hydroxylation is 2. The number of halogens is 1. The number of imidazole rings is 1. The molecule has 0 atom stereocenters. The van der Waals surface area contributed by atoms with E-state index in [-0.39, 0.29) is 17.4 Å². The molecular formula is C25H26FN7O. The molecule has 174 valence electrons. The lowest BCUT2D eigenvalue weighted by atomic mass is 10.1. The zero-order valence-electron chi connectivity index (χ0n) is 19.6. The molecule has 0 radical (unpaired) electrons. The van der Waals surface area contributed by atoms with Crippen molar-refractivity contribution in [3.05, 3.63) is 71.4 Å². The number of rotatable bonds is 6. The first kappa shape index (κ1) is 21.9. The molecule has 1 aliphatic carbocycles. The molecular weight excluding hydrogens is 433 g/mol. The van der Waals surface area contributed by atoms with E-state index in [0.29, 0.717) is 17.4 Å². The molecule has 3 aromatic heterocycles. The Morgan fingerprint density at radius 3 is 2.71 bits per heavy atom. The van der Waals surface area contributed by atoms with E-state index >= 15 is 0 Å². The summed E-state index contributed by atoms with van der Waals surface area (Å²) >= 11 is 0. The lowest BCUT2D eigenvalue weighted by Gasteiger charge is -2.13. The summed E-state index contributed by atoms with van der Waals surface area (Å²) in [6.45, 7) is 7.77. The topological polar surface area (TPSA) is 90.5 Å². The molecule has 1 saturated carbocycles. The predicted molar refractivity (Wildman–Crippen MR) is 127 cm³/mol. The number of hydrogen-bond donors (Lipinski definition) is 1. The number of benzene rings is 1. The van der Waals surface area contributed by atoms with E-state index in [1.807, 2.05) is 43.0 Å². The second-order valence-electron chi connectivity index (χ2n) is 9.00. The van der Waals surface area contributed by atoms with Gasteiger partial charge in [-0.25, -0.2) is 14.4 Å². The van der Waals surface area contributed by atoms with Crippen molar-refractivity contribution in [2.75, 3.05) is 5.32 Å². The van der Waals surface area contributed by atoms with Crippen LogP contribution in [0.2, 0.25) is 0 Å². The zero-order valence-corrected chi connectivity index (χ0v) is 19.6. The van der Waals surface area contributed by atoms with Gasteiger partial charge in [0.1, 0.15) is 23.0 Å². The van der Waals surface area contributed by atoms with Crippen LogP contribution in [0, 0.1) is 19.7 Å². The van der Waals surface area contributed by atoms with Crippen LogP contribution >= 0.6 is 0 Å². The van der Waals surface area contributed by atoms with E-state index in [0.717, 1.165) is 35.6 Å². The largest absolute Gasteiger partial charge is 0.318 e. The van der Waals surface area contributed by atoms with Crippen LogP contribution in [0.25, 0.3) is 17.2 Å². The average molecular weight is 460 g/mol. The molecule has 0 spiro atoms. The smallest absolute Gasteiger partial charge is 0.274 e. The quantitative estimate of drug-likeness (QED) is 0.439. The van der Waals surface area contributed by atoms with Crippen LogP contribution in [0.5, 0.6) is 0 Å². The maximum Gasteiger partial charge on any atom is 0.274 e. The lowest BCUT2D eigenvalue weighted by Crippen LogP contribution is -2.16. The summed E-state index contributed by atoms with van der Waals surface area (Å²) in [5.41, 5.74) is 3.32. The van der Waals surface area contributed by atoms with Gasteiger partial charge in [0.15, 0.2) is 5.82 Å². The summed E-state index contributed by atoms with van der Waals surface area (Å²) in [7, 11) is 0. The molecule has 1 aromatic carbocycles. The summed E-state index contributed by atoms with van der Waals surface area (Å²) in [4.78, 5) is 22.0. The van der Waals surface area contributed by atoms with Gasteiger partial charge in [-0.3, -0.25) is 4.79 Å². The van der Waals surface area contributed by atoms with Crippen LogP contribution < -0.4 is 5.32 Å². The van der Waals surface area contributed by atoms with Gasteiger partial charge in [0.25, 0.3) is 5.91 Å². The number of carbonyl (C=O) groups is 1. The number of nitrogens with zero attached hydrogens (tertiary/aromatic N) is 6. The van der Waals surface area contributed by atoms with Crippen LogP contribution in [0.15, 0.2) is 42.9 Å². The van der Waals surface area contributed by atoms with Crippen molar-refractivity contribution in [1.82, 2.24) is 29.3 Å². The number of aromatic nitrogens is 6. The molecule has 8 nitrogen and oxygen atoms in total. The highest BCUT2D eigenvalue weighted by Crippen LogP contribution is 2.39. The molecule has 1 aliphatic rings. The number of carbonyl (C=O) groups excluding carboxylic acids is 1. The highest BCUT2D eigenvalue weighted by atomic mass is 19.1. The summed E-state index contributed by atoms with van der Waals surface area (Å²) in [6, 6.07) is 8.27. The Labute approximate surface area is 196 Å². The first-order valence-corrected chi connectivity index (χ1v) is 11.4. The van der Waals surface area contributed by atoms with E-state index in [9.17, 15) is 9.18 Å². The fourth-order valence-electron chi connectivity index (χ4n) is 4.13. The zero-order chi connectivity index (χ0) is 24.0. The van der Waals surface area contributed by atoms with Gasteiger partial charge < -0.3 is 14.5 Å². The van der Waals surface area contributed by atoms with Crippen LogP contribution in [0.1, 0.15) is 66.2 Å². The first-order chi connectivity index (χ1) is 16.3. The van der Waals surface area contributed by atoms with E-state index in [1.54, 1.807) is 30.6 Å². The molecule has 3 heterocycles. The van der Waals surface area contributed by atoms with Crippen molar-refractivity contribution >= 4 is 11.6 Å². The molecule has 0 aliphatic heterocycles. The summed E-state index contributed by atoms with van der Waals surface area (Å²) < 4.78 is 18.6. The number of pyridine rings is 1. The molecule has 0 saturated heterocycles. The van der Waals surface area contributed by atoms with E-state index < -0.39 is 11.7 Å². The fraction of sp³-hybridized carbons (Fsp3) is 0.320. The first-order valence-electron chi connectivity index (χ1n) is 11.4. The van der Waals surface area contributed by atoms with Gasteiger partial charge in [-0.15, -0.1) is 10.2 Å². The summed E-state index contributed by atoms with van der Waals surface area (Å²) in [6.07, 6.45) is 6.01. The molecule has 0 bridgehead atoms. The maximum absolute atomic E-state index is 14.8. The molecule has 5 rings (SSSR count). The van der Waals surface area contributed by atoms with Crippen molar-refractivity contribution < 1.29 is 9.18 Å². The molecule has 4 aromatic rings. The van der Waals surface area contributed by atoms with Crippen molar-refractivity contribution in [2.24, 2.45) is 0 Å². The minimum absolute atomic E-state index is 0.0840. The van der Waals surface area contributed by atoms with Crippen LogP contribution in [0.4, 0.5) is 10.1 Å². The third kappa shape index (κ3) is 4.09. The third-order valence-corrected chi connectivity index (χ3v) is 6.00. The molecule has 9 heteroatoms. The summed E-state index contributed by atoms with van der Waals surface area (Å²) in [5.74, 6) is 0.846. The highest BCUT2D eigenvalue weighted by Gasteiger charge is 2.26. The molecule has 1 N–H and O–H groups in total. The average Bonchev–Trinajstić information content (AvgIpc) is 3.40. The van der Waals surface area contributed by atoms with Crippen molar-refractivity contribution in [1.29, 1.82) is 0 Å². The highest BCUT2D eigenvalue weighted by molar-refractivity contribution is 6.03. The standard InChI is InChI=1S/C25H26FN7O/c1-14(2)33-16(4)30-31-24(33)19-6-5-7-20(28-19)25(34)29-21-11-23(15(3)10-18(21)26)32-12-22(27-13-32)17-8-9-17/h5-7,10-14,17H,8-9H2,1-4H3,(H,29,34). The van der Waals surface area contributed by atoms with Gasteiger partial charge in [-0.2, -0.15) is 0 Å². The molecule has 1 amide bonds. The molecule has 34 heavy (non-hydrogen) atoms. The minimum atomic E-state index is -0.511. The van der Waals surface area contributed by atoms with Gasteiger partial charge >= 0.3 is 0 Å². The molecule has 0 unspecified atom stereocenters. The normalized spacial score (nSPS) is 13.5. The number of nitrogens with one attached hydrogen (secondary N) is 1. The number of anilines is 1.